The topological polar surface area (TPSA) is 54.7 Å². The van der Waals surface area contributed by atoms with E-state index in [4.69, 9.17) is 5.73 Å². The maximum atomic E-state index is 5.60. The molecule has 3 nitrogen and oxygen atoms in total. The summed E-state index contributed by atoms with van der Waals surface area (Å²) in [6, 6.07) is 8.26. The van der Waals surface area contributed by atoms with Gasteiger partial charge in [-0.1, -0.05) is 12.1 Å². The van der Waals surface area contributed by atoms with Crippen LogP contribution in [0.5, 0.6) is 0 Å². The number of nitrogens with zero attached hydrogens (tertiary/aromatic N) is 1. The molecule has 0 amide bonds. The number of aromatic amines is 1. The van der Waals surface area contributed by atoms with E-state index in [1.165, 1.54) is 3.57 Å². The summed E-state index contributed by atoms with van der Waals surface area (Å²) in [5, 5.41) is 6.94. The van der Waals surface area contributed by atoms with Crippen LogP contribution in [0.25, 0.3) is 11.3 Å². The molecule has 0 bridgehead atoms. The minimum Gasteiger partial charge on any atom is -0.326 e. The van der Waals surface area contributed by atoms with Gasteiger partial charge < -0.3 is 5.73 Å². The maximum Gasteiger partial charge on any atom is 0.0695 e. The van der Waals surface area contributed by atoms with Gasteiger partial charge in [0.25, 0.3) is 0 Å². The molecule has 0 aliphatic rings. The van der Waals surface area contributed by atoms with Crippen molar-refractivity contribution in [2.75, 3.05) is 0 Å². The van der Waals surface area contributed by atoms with Crippen LogP contribution in [0, 0.1) is 3.57 Å². The monoisotopic (exact) mass is 299 g/mol. The molecule has 0 aliphatic heterocycles. The number of nitrogens with one attached hydrogen (secondary N) is 1. The van der Waals surface area contributed by atoms with E-state index < -0.39 is 0 Å². The van der Waals surface area contributed by atoms with Crippen molar-refractivity contribution >= 4 is 22.6 Å². The zero-order chi connectivity index (χ0) is 9.97. The van der Waals surface area contributed by atoms with Crippen LogP contribution < -0.4 is 5.73 Å². The summed E-state index contributed by atoms with van der Waals surface area (Å²) in [6.45, 7) is 0.512. The first-order valence-corrected chi connectivity index (χ1v) is 5.37. The standard InChI is InChI=1S/C10H10IN3/c11-9-3-1-7(2-4-9)10-8(5-12)6-13-14-10/h1-4,6H,5,12H2,(H,13,14). The zero-order valence-electron chi connectivity index (χ0n) is 7.50. The summed E-state index contributed by atoms with van der Waals surface area (Å²) in [5.41, 5.74) is 8.79. The molecule has 4 heteroatoms. The first-order chi connectivity index (χ1) is 6.81. The molecule has 0 fully saturated rings. The van der Waals surface area contributed by atoms with Gasteiger partial charge in [-0.15, -0.1) is 0 Å². The van der Waals surface area contributed by atoms with Gasteiger partial charge in [0.05, 0.1) is 11.9 Å². The molecule has 0 unspecified atom stereocenters. The molecule has 0 saturated heterocycles. The van der Waals surface area contributed by atoms with E-state index in [0.717, 1.165) is 16.8 Å². The van der Waals surface area contributed by atoms with Gasteiger partial charge >= 0.3 is 0 Å². The van der Waals surface area contributed by atoms with E-state index in [-0.39, 0.29) is 0 Å². The van der Waals surface area contributed by atoms with E-state index in [2.05, 4.69) is 57.1 Å². The molecule has 0 spiro atoms. The van der Waals surface area contributed by atoms with Gasteiger partial charge in [0.15, 0.2) is 0 Å². The predicted molar refractivity (Wildman–Crippen MR) is 64.6 cm³/mol. The molecule has 72 valence electrons. The number of nitrogens with two attached hydrogens (primary N) is 1. The van der Waals surface area contributed by atoms with Crippen LogP contribution in [0.4, 0.5) is 0 Å². The summed E-state index contributed by atoms with van der Waals surface area (Å²) in [4.78, 5) is 0. The number of H-pyrrole nitrogens is 1. The van der Waals surface area contributed by atoms with Gasteiger partial charge in [-0.25, -0.2) is 0 Å². The van der Waals surface area contributed by atoms with Crippen molar-refractivity contribution < 1.29 is 0 Å². The van der Waals surface area contributed by atoms with Crippen LogP contribution in [0.1, 0.15) is 5.56 Å². The molecular formula is C10H10IN3. The highest BCUT2D eigenvalue weighted by Crippen LogP contribution is 2.21. The smallest absolute Gasteiger partial charge is 0.0695 e. The van der Waals surface area contributed by atoms with Crippen molar-refractivity contribution in [3.8, 4) is 11.3 Å². The van der Waals surface area contributed by atoms with Crippen LogP contribution in [0.3, 0.4) is 0 Å². The van der Waals surface area contributed by atoms with Crippen LogP contribution >= 0.6 is 22.6 Å². The average Bonchev–Trinajstić information content (AvgIpc) is 2.67. The van der Waals surface area contributed by atoms with E-state index in [1.54, 1.807) is 6.20 Å². The SMILES string of the molecule is NCc1cn[nH]c1-c1ccc(I)cc1. The van der Waals surface area contributed by atoms with Crippen LogP contribution in [0.2, 0.25) is 0 Å². The Morgan fingerprint density at radius 2 is 2.00 bits per heavy atom. The van der Waals surface area contributed by atoms with E-state index >= 15 is 0 Å². The maximum absolute atomic E-state index is 5.60. The van der Waals surface area contributed by atoms with Crippen molar-refractivity contribution in [1.82, 2.24) is 10.2 Å². The largest absolute Gasteiger partial charge is 0.326 e. The molecule has 2 aromatic rings. The molecule has 3 N–H and O–H groups in total. The van der Waals surface area contributed by atoms with Gasteiger partial charge in [0, 0.05) is 15.7 Å². The third-order valence-electron chi connectivity index (χ3n) is 2.07. The highest BCUT2D eigenvalue weighted by molar-refractivity contribution is 14.1. The highest BCUT2D eigenvalue weighted by atomic mass is 127. The second-order valence-corrected chi connectivity index (χ2v) is 4.23. The van der Waals surface area contributed by atoms with Crippen molar-refractivity contribution in [1.29, 1.82) is 0 Å². The zero-order valence-corrected chi connectivity index (χ0v) is 9.65. The van der Waals surface area contributed by atoms with E-state index in [1.807, 2.05) is 0 Å². The fourth-order valence-corrected chi connectivity index (χ4v) is 1.69. The predicted octanol–water partition coefficient (Wildman–Crippen LogP) is 2.14. The van der Waals surface area contributed by atoms with Crippen molar-refractivity contribution in [2.24, 2.45) is 5.73 Å². The Labute approximate surface area is 95.9 Å². The molecule has 2 rings (SSSR count). The number of halogens is 1. The summed E-state index contributed by atoms with van der Waals surface area (Å²) in [5.74, 6) is 0. The van der Waals surface area contributed by atoms with Crippen molar-refractivity contribution in [3.63, 3.8) is 0 Å². The van der Waals surface area contributed by atoms with E-state index in [9.17, 15) is 0 Å². The minimum atomic E-state index is 0.512. The lowest BCUT2D eigenvalue weighted by molar-refractivity contribution is 1.08. The Bertz CT molecular complexity index is 419. The highest BCUT2D eigenvalue weighted by Gasteiger charge is 2.05. The molecule has 1 aromatic carbocycles. The van der Waals surface area contributed by atoms with Crippen LogP contribution in [-0.2, 0) is 6.54 Å². The van der Waals surface area contributed by atoms with Gasteiger partial charge in [-0.05, 0) is 40.3 Å². The van der Waals surface area contributed by atoms with Crippen molar-refractivity contribution in [3.05, 3.63) is 39.6 Å². The Hall–Kier alpha value is -0.880. The second kappa shape index (κ2) is 4.10. The summed E-state index contributed by atoms with van der Waals surface area (Å²) in [7, 11) is 0. The molecule has 0 atom stereocenters. The van der Waals surface area contributed by atoms with Crippen LogP contribution in [-0.4, -0.2) is 10.2 Å². The number of aromatic nitrogens is 2. The third kappa shape index (κ3) is 1.80. The van der Waals surface area contributed by atoms with Gasteiger partial charge in [0.2, 0.25) is 0 Å². The Morgan fingerprint density at radius 1 is 1.29 bits per heavy atom. The lowest BCUT2D eigenvalue weighted by Crippen LogP contribution is -1.96. The first-order valence-electron chi connectivity index (χ1n) is 4.29. The minimum absolute atomic E-state index is 0.512. The van der Waals surface area contributed by atoms with Crippen LogP contribution in [0.15, 0.2) is 30.5 Å². The summed E-state index contributed by atoms with van der Waals surface area (Å²) >= 11 is 2.28. The molecule has 0 saturated carbocycles. The fraction of sp³-hybridized carbons (Fsp3) is 0.100. The average molecular weight is 299 g/mol. The Morgan fingerprint density at radius 3 is 2.64 bits per heavy atom. The first kappa shape index (κ1) is 9.67. The molecule has 14 heavy (non-hydrogen) atoms. The van der Waals surface area contributed by atoms with Gasteiger partial charge in [-0.2, -0.15) is 5.10 Å². The lowest BCUT2D eigenvalue weighted by atomic mass is 10.1. The number of hydrogen-bond acceptors (Lipinski definition) is 2. The van der Waals surface area contributed by atoms with Crippen molar-refractivity contribution in [2.45, 2.75) is 6.54 Å². The summed E-state index contributed by atoms with van der Waals surface area (Å²) in [6.07, 6.45) is 1.77. The normalized spacial score (nSPS) is 10.4. The number of hydrogen-bond donors (Lipinski definition) is 2. The molecular weight excluding hydrogens is 289 g/mol. The molecule has 1 heterocycles. The van der Waals surface area contributed by atoms with Gasteiger partial charge in [-0.3, -0.25) is 5.10 Å². The molecule has 0 aliphatic carbocycles. The Balaban J connectivity index is 2.44. The number of rotatable bonds is 2. The van der Waals surface area contributed by atoms with Gasteiger partial charge in [0.1, 0.15) is 0 Å². The fourth-order valence-electron chi connectivity index (χ4n) is 1.33. The molecule has 1 aromatic heterocycles. The summed E-state index contributed by atoms with van der Waals surface area (Å²) < 4.78 is 1.22. The second-order valence-electron chi connectivity index (χ2n) is 2.98. The third-order valence-corrected chi connectivity index (χ3v) is 2.79. The molecule has 0 radical (unpaired) electrons. The quantitative estimate of drug-likeness (QED) is 0.835. The van der Waals surface area contributed by atoms with E-state index in [0.29, 0.717) is 6.54 Å². The number of benzene rings is 1. The Kier molecular flexibility index (Phi) is 2.83. The lowest BCUT2D eigenvalue weighted by Gasteiger charge is -2.00.